The summed E-state index contributed by atoms with van der Waals surface area (Å²) in [6, 6.07) is 18.5. The fraction of sp³-hybridized carbons (Fsp3) is 0.333. The van der Waals surface area contributed by atoms with Gasteiger partial charge in [0.1, 0.15) is 12.4 Å². The molecule has 1 aromatic heterocycles. The summed E-state index contributed by atoms with van der Waals surface area (Å²) in [6.45, 7) is 2.81. The molecule has 0 spiro atoms. The fourth-order valence-electron chi connectivity index (χ4n) is 2.81. The number of aromatic nitrogens is 3. The molecule has 0 fully saturated rings. The van der Waals surface area contributed by atoms with Crippen molar-refractivity contribution in [1.82, 2.24) is 20.1 Å². The monoisotopic (exact) mass is 381 g/mol. The topological polar surface area (TPSA) is 84.2 Å². The van der Waals surface area contributed by atoms with Crippen LogP contribution in [0.3, 0.4) is 0 Å². The van der Waals surface area contributed by atoms with Crippen molar-refractivity contribution in [3.05, 3.63) is 71.5 Å². The maximum Gasteiger partial charge on any atom is 0.221 e. The number of hydrogen-bond acceptors (Lipinski definition) is 6. The number of rotatable bonds is 11. The van der Waals surface area contributed by atoms with Gasteiger partial charge in [0.05, 0.1) is 6.61 Å². The van der Waals surface area contributed by atoms with Crippen LogP contribution in [0.25, 0.3) is 0 Å². The first-order valence-corrected chi connectivity index (χ1v) is 9.45. The van der Waals surface area contributed by atoms with Crippen molar-refractivity contribution >= 4 is 5.95 Å². The normalized spacial score (nSPS) is 10.8. The number of nitrogens with one attached hydrogen (secondary N) is 2. The summed E-state index contributed by atoms with van der Waals surface area (Å²) in [5.74, 6) is 1.94. The average molecular weight is 381 g/mol. The summed E-state index contributed by atoms with van der Waals surface area (Å²) < 4.78 is 7.48. The van der Waals surface area contributed by atoms with E-state index in [2.05, 4.69) is 57.1 Å². The van der Waals surface area contributed by atoms with Crippen molar-refractivity contribution in [3.63, 3.8) is 0 Å². The van der Waals surface area contributed by atoms with Crippen molar-refractivity contribution < 1.29 is 9.84 Å². The second-order valence-corrected chi connectivity index (χ2v) is 6.50. The minimum absolute atomic E-state index is 0.158. The van der Waals surface area contributed by atoms with Crippen LogP contribution < -0.4 is 15.4 Å². The van der Waals surface area contributed by atoms with Crippen LogP contribution in [0.4, 0.5) is 5.95 Å². The average Bonchev–Trinajstić information content (AvgIpc) is 3.09. The van der Waals surface area contributed by atoms with Crippen LogP contribution in [0.2, 0.25) is 0 Å². The number of aliphatic hydroxyl groups excluding tert-OH is 1. The molecule has 0 unspecified atom stereocenters. The van der Waals surface area contributed by atoms with E-state index in [1.165, 1.54) is 11.1 Å². The van der Waals surface area contributed by atoms with E-state index in [1.807, 2.05) is 18.2 Å². The minimum atomic E-state index is -0.158. The van der Waals surface area contributed by atoms with Gasteiger partial charge in [-0.1, -0.05) is 42.5 Å². The molecule has 2 aromatic carbocycles. The van der Waals surface area contributed by atoms with Gasteiger partial charge in [-0.25, -0.2) is 4.68 Å². The number of hydrogen-bond donors (Lipinski definition) is 3. The summed E-state index contributed by atoms with van der Waals surface area (Å²) >= 11 is 0. The van der Waals surface area contributed by atoms with E-state index < -0.39 is 0 Å². The van der Waals surface area contributed by atoms with Crippen molar-refractivity contribution in [2.75, 3.05) is 18.5 Å². The van der Waals surface area contributed by atoms with Gasteiger partial charge < -0.3 is 20.5 Å². The second kappa shape index (κ2) is 10.4. The molecule has 0 amide bonds. The lowest BCUT2D eigenvalue weighted by Crippen LogP contribution is -2.13. The molecule has 0 bridgehead atoms. The molecule has 0 saturated heterocycles. The van der Waals surface area contributed by atoms with E-state index in [9.17, 15) is 0 Å². The summed E-state index contributed by atoms with van der Waals surface area (Å²) in [6.07, 6.45) is 0.831. The number of benzene rings is 2. The summed E-state index contributed by atoms with van der Waals surface area (Å²) in [7, 11) is 1.79. The first-order valence-electron chi connectivity index (χ1n) is 9.45. The van der Waals surface area contributed by atoms with Crippen LogP contribution in [0, 0.1) is 0 Å². The Morgan fingerprint density at radius 3 is 2.61 bits per heavy atom. The van der Waals surface area contributed by atoms with E-state index in [4.69, 9.17) is 9.84 Å². The maximum atomic E-state index is 9.05. The SMILES string of the molecule is Cn1nc(CO)nc1NCCCOc1cccc(CNCc2ccccc2)c1. The molecule has 0 aliphatic heterocycles. The second-order valence-electron chi connectivity index (χ2n) is 6.50. The Morgan fingerprint density at radius 2 is 1.82 bits per heavy atom. The molecular formula is C21H27N5O2. The van der Waals surface area contributed by atoms with Gasteiger partial charge >= 0.3 is 0 Å². The third-order valence-electron chi connectivity index (χ3n) is 4.22. The lowest BCUT2D eigenvalue weighted by molar-refractivity contribution is 0.271. The third kappa shape index (κ3) is 6.07. The van der Waals surface area contributed by atoms with Gasteiger partial charge in [-0.05, 0) is 29.7 Å². The van der Waals surface area contributed by atoms with Gasteiger partial charge in [0.15, 0.2) is 5.82 Å². The first-order chi connectivity index (χ1) is 13.7. The van der Waals surface area contributed by atoms with Crippen LogP contribution in [0.1, 0.15) is 23.4 Å². The predicted molar refractivity (Wildman–Crippen MR) is 109 cm³/mol. The molecule has 7 nitrogen and oxygen atoms in total. The molecule has 0 radical (unpaired) electrons. The molecule has 0 aliphatic carbocycles. The molecule has 0 atom stereocenters. The van der Waals surface area contributed by atoms with Crippen LogP contribution in [-0.4, -0.2) is 33.0 Å². The Hall–Kier alpha value is -2.90. The number of aryl methyl sites for hydroxylation is 1. The highest BCUT2D eigenvalue weighted by Crippen LogP contribution is 2.14. The Bertz CT molecular complexity index is 851. The lowest BCUT2D eigenvalue weighted by atomic mass is 10.2. The molecule has 7 heteroatoms. The van der Waals surface area contributed by atoms with E-state index in [0.717, 1.165) is 31.8 Å². The zero-order chi connectivity index (χ0) is 19.6. The van der Waals surface area contributed by atoms with Gasteiger partial charge in [0.25, 0.3) is 0 Å². The Balaban J connectivity index is 1.36. The standard InChI is InChI=1S/C21H27N5O2/c1-26-21(24-20(16-27)25-26)23-11-6-12-28-19-10-5-9-18(13-19)15-22-14-17-7-3-2-4-8-17/h2-5,7-10,13,22,27H,6,11-12,14-16H2,1H3,(H,23,24,25). The van der Waals surface area contributed by atoms with Crippen LogP contribution in [0.5, 0.6) is 5.75 Å². The highest BCUT2D eigenvalue weighted by atomic mass is 16.5. The summed E-state index contributed by atoms with van der Waals surface area (Å²) in [5.41, 5.74) is 2.47. The Labute approximate surface area is 165 Å². The van der Waals surface area contributed by atoms with Gasteiger partial charge in [0.2, 0.25) is 5.95 Å². The highest BCUT2D eigenvalue weighted by Gasteiger charge is 2.05. The van der Waals surface area contributed by atoms with E-state index >= 15 is 0 Å². The Kier molecular flexibility index (Phi) is 7.40. The smallest absolute Gasteiger partial charge is 0.221 e. The molecule has 148 valence electrons. The van der Waals surface area contributed by atoms with Gasteiger partial charge in [0, 0.05) is 26.7 Å². The van der Waals surface area contributed by atoms with Crippen LogP contribution in [0.15, 0.2) is 54.6 Å². The predicted octanol–water partition coefficient (Wildman–Crippen LogP) is 2.48. The quantitative estimate of drug-likeness (QED) is 0.443. The van der Waals surface area contributed by atoms with E-state index in [0.29, 0.717) is 18.4 Å². The van der Waals surface area contributed by atoms with Crippen molar-refractivity contribution in [2.24, 2.45) is 7.05 Å². The summed E-state index contributed by atoms with van der Waals surface area (Å²) in [4.78, 5) is 4.19. The number of ether oxygens (including phenoxy) is 1. The number of nitrogens with zero attached hydrogens (tertiary/aromatic N) is 3. The minimum Gasteiger partial charge on any atom is -0.494 e. The van der Waals surface area contributed by atoms with Crippen LogP contribution in [-0.2, 0) is 26.7 Å². The highest BCUT2D eigenvalue weighted by molar-refractivity contribution is 5.28. The molecule has 28 heavy (non-hydrogen) atoms. The lowest BCUT2D eigenvalue weighted by Gasteiger charge is -2.10. The van der Waals surface area contributed by atoms with Crippen LogP contribution >= 0.6 is 0 Å². The zero-order valence-electron chi connectivity index (χ0n) is 16.1. The first kappa shape index (κ1) is 19.9. The molecule has 1 heterocycles. The molecule has 3 aromatic rings. The number of anilines is 1. The van der Waals surface area contributed by atoms with E-state index in [1.54, 1.807) is 11.7 Å². The molecule has 3 N–H and O–H groups in total. The third-order valence-corrected chi connectivity index (χ3v) is 4.22. The maximum absolute atomic E-state index is 9.05. The van der Waals surface area contributed by atoms with Gasteiger partial charge in [-0.3, -0.25) is 0 Å². The zero-order valence-corrected chi connectivity index (χ0v) is 16.1. The molecular weight excluding hydrogens is 354 g/mol. The molecule has 0 saturated carbocycles. The van der Waals surface area contributed by atoms with Crippen molar-refractivity contribution in [3.8, 4) is 5.75 Å². The summed E-state index contributed by atoms with van der Waals surface area (Å²) in [5, 5.41) is 19.8. The molecule has 3 rings (SSSR count). The fourth-order valence-corrected chi connectivity index (χ4v) is 2.81. The van der Waals surface area contributed by atoms with Gasteiger partial charge in [-0.15, -0.1) is 0 Å². The van der Waals surface area contributed by atoms with Crippen molar-refractivity contribution in [2.45, 2.75) is 26.1 Å². The van der Waals surface area contributed by atoms with E-state index in [-0.39, 0.29) is 6.61 Å². The van der Waals surface area contributed by atoms with Gasteiger partial charge in [-0.2, -0.15) is 10.1 Å². The number of aliphatic hydroxyl groups is 1. The molecule has 0 aliphatic rings. The largest absolute Gasteiger partial charge is 0.494 e. The van der Waals surface area contributed by atoms with Crippen molar-refractivity contribution in [1.29, 1.82) is 0 Å². The Morgan fingerprint density at radius 1 is 1.04 bits per heavy atom.